The Hall–Kier alpha value is -1.51. The summed E-state index contributed by atoms with van der Waals surface area (Å²) in [6.07, 6.45) is 1.83. The Labute approximate surface area is 75.3 Å². The zero-order chi connectivity index (χ0) is 9.68. The zero-order valence-electron chi connectivity index (χ0n) is 6.83. The van der Waals surface area contributed by atoms with Crippen LogP contribution in [0.1, 0.15) is 18.1 Å². The van der Waals surface area contributed by atoms with Gasteiger partial charge < -0.3 is 10.2 Å². The Morgan fingerprint density at radius 3 is 2.54 bits per heavy atom. The molecule has 0 spiro atoms. The first kappa shape index (κ1) is 9.58. The number of aromatic nitrogens is 2. The van der Waals surface area contributed by atoms with E-state index in [1.54, 1.807) is 6.07 Å². The molecule has 0 radical (unpaired) electrons. The van der Waals surface area contributed by atoms with Crippen molar-refractivity contribution in [1.29, 1.82) is 5.26 Å². The SMILES string of the molecule is N#CCC(O)C(O)c1cncnc1. The summed E-state index contributed by atoms with van der Waals surface area (Å²) in [4.78, 5) is 7.37. The minimum atomic E-state index is -1.10. The highest BCUT2D eigenvalue weighted by molar-refractivity contribution is 5.08. The highest BCUT2D eigenvalue weighted by atomic mass is 16.3. The minimum absolute atomic E-state index is 0.115. The van der Waals surface area contributed by atoms with Crippen molar-refractivity contribution in [1.82, 2.24) is 9.97 Å². The summed E-state index contributed by atoms with van der Waals surface area (Å²) in [7, 11) is 0. The Morgan fingerprint density at radius 2 is 2.00 bits per heavy atom. The summed E-state index contributed by atoms with van der Waals surface area (Å²) < 4.78 is 0. The molecule has 1 aromatic heterocycles. The lowest BCUT2D eigenvalue weighted by Crippen LogP contribution is -2.17. The first-order valence-electron chi connectivity index (χ1n) is 3.73. The molecule has 0 aliphatic carbocycles. The second-order valence-corrected chi connectivity index (χ2v) is 2.55. The van der Waals surface area contributed by atoms with E-state index < -0.39 is 12.2 Å². The molecular formula is C8H9N3O2. The molecule has 2 unspecified atom stereocenters. The molecule has 5 heteroatoms. The highest BCUT2D eigenvalue weighted by Gasteiger charge is 2.17. The van der Waals surface area contributed by atoms with Gasteiger partial charge in [0.05, 0.1) is 18.6 Å². The summed E-state index contributed by atoms with van der Waals surface area (Å²) in [5.74, 6) is 0. The topological polar surface area (TPSA) is 90.0 Å². The van der Waals surface area contributed by atoms with Gasteiger partial charge in [0, 0.05) is 18.0 Å². The second-order valence-electron chi connectivity index (χ2n) is 2.55. The third kappa shape index (κ3) is 2.47. The van der Waals surface area contributed by atoms with Crippen molar-refractivity contribution < 1.29 is 10.2 Å². The van der Waals surface area contributed by atoms with Crippen LogP contribution in [0.15, 0.2) is 18.7 Å². The van der Waals surface area contributed by atoms with Gasteiger partial charge in [-0.05, 0) is 0 Å². The van der Waals surface area contributed by atoms with E-state index in [0.29, 0.717) is 5.56 Å². The molecule has 2 N–H and O–H groups in total. The number of aliphatic hydroxyl groups excluding tert-OH is 2. The summed E-state index contributed by atoms with van der Waals surface area (Å²) in [5, 5.41) is 27.0. The highest BCUT2D eigenvalue weighted by Crippen LogP contribution is 2.16. The molecule has 1 heterocycles. The van der Waals surface area contributed by atoms with E-state index in [-0.39, 0.29) is 6.42 Å². The molecule has 68 valence electrons. The maximum absolute atomic E-state index is 9.44. The lowest BCUT2D eigenvalue weighted by atomic mass is 10.1. The van der Waals surface area contributed by atoms with Crippen LogP contribution in [0.4, 0.5) is 0 Å². The molecule has 1 rings (SSSR count). The van der Waals surface area contributed by atoms with Crippen LogP contribution in [-0.4, -0.2) is 26.3 Å². The number of hydrogen-bond donors (Lipinski definition) is 2. The predicted octanol–water partition coefficient (Wildman–Crippen LogP) is -0.215. The van der Waals surface area contributed by atoms with Gasteiger partial charge in [-0.2, -0.15) is 5.26 Å². The van der Waals surface area contributed by atoms with E-state index in [9.17, 15) is 10.2 Å². The lowest BCUT2D eigenvalue weighted by molar-refractivity contribution is 0.0212. The average molecular weight is 179 g/mol. The van der Waals surface area contributed by atoms with Gasteiger partial charge in [0.2, 0.25) is 0 Å². The summed E-state index contributed by atoms with van der Waals surface area (Å²) >= 11 is 0. The third-order valence-corrected chi connectivity index (χ3v) is 1.59. The van der Waals surface area contributed by atoms with Gasteiger partial charge in [0.1, 0.15) is 12.4 Å². The number of rotatable bonds is 3. The van der Waals surface area contributed by atoms with Crippen molar-refractivity contribution in [2.45, 2.75) is 18.6 Å². The van der Waals surface area contributed by atoms with Crippen LogP contribution in [0.3, 0.4) is 0 Å². The Kier molecular flexibility index (Phi) is 3.31. The first-order valence-corrected chi connectivity index (χ1v) is 3.73. The molecule has 0 fully saturated rings. The zero-order valence-corrected chi connectivity index (χ0v) is 6.83. The van der Waals surface area contributed by atoms with Crippen molar-refractivity contribution in [2.75, 3.05) is 0 Å². The van der Waals surface area contributed by atoms with Crippen LogP contribution in [0.5, 0.6) is 0 Å². The van der Waals surface area contributed by atoms with Crippen LogP contribution in [0, 0.1) is 11.3 Å². The molecule has 0 bridgehead atoms. The van der Waals surface area contributed by atoms with Crippen LogP contribution < -0.4 is 0 Å². The summed E-state index contributed by atoms with van der Waals surface area (Å²) in [6.45, 7) is 0. The lowest BCUT2D eigenvalue weighted by Gasteiger charge is -2.13. The molecule has 0 aliphatic rings. The van der Waals surface area contributed by atoms with Crippen LogP contribution >= 0.6 is 0 Å². The standard InChI is InChI=1S/C8H9N3O2/c9-2-1-7(12)8(13)6-3-10-5-11-4-6/h3-5,7-8,12-13H,1H2. The Balaban J connectivity index is 2.69. The monoisotopic (exact) mass is 179 g/mol. The molecule has 0 saturated carbocycles. The Bertz CT molecular complexity index is 296. The van der Waals surface area contributed by atoms with Gasteiger partial charge in [0.25, 0.3) is 0 Å². The van der Waals surface area contributed by atoms with Crippen LogP contribution in [0.25, 0.3) is 0 Å². The number of nitriles is 1. The molecule has 0 amide bonds. The van der Waals surface area contributed by atoms with E-state index >= 15 is 0 Å². The van der Waals surface area contributed by atoms with E-state index in [1.807, 2.05) is 0 Å². The largest absolute Gasteiger partial charge is 0.389 e. The maximum Gasteiger partial charge on any atom is 0.115 e. The van der Waals surface area contributed by atoms with E-state index in [2.05, 4.69) is 9.97 Å². The molecule has 0 aliphatic heterocycles. The fraction of sp³-hybridized carbons (Fsp3) is 0.375. The molecule has 5 nitrogen and oxygen atoms in total. The van der Waals surface area contributed by atoms with Gasteiger partial charge in [0.15, 0.2) is 0 Å². The van der Waals surface area contributed by atoms with Crippen LogP contribution in [0.2, 0.25) is 0 Å². The maximum atomic E-state index is 9.44. The van der Waals surface area contributed by atoms with Crippen molar-refractivity contribution in [3.05, 3.63) is 24.3 Å². The van der Waals surface area contributed by atoms with E-state index in [1.165, 1.54) is 18.7 Å². The minimum Gasteiger partial charge on any atom is -0.389 e. The summed E-state index contributed by atoms with van der Waals surface area (Å²) in [5.41, 5.74) is 0.408. The van der Waals surface area contributed by atoms with Crippen molar-refractivity contribution >= 4 is 0 Å². The fourth-order valence-corrected chi connectivity index (χ4v) is 0.891. The molecule has 1 aromatic rings. The van der Waals surface area contributed by atoms with Crippen molar-refractivity contribution in [2.24, 2.45) is 0 Å². The van der Waals surface area contributed by atoms with Crippen molar-refractivity contribution in [3.63, 3.8) is 0 Å². The normalized spacial score (nSPS) is 14.5. The van der Waals surface area contributed by atoms with Gasteiger partial charge in [-0.3, -0.25) is 0 Å². The molecule has 0 saturated heterocycles. The Morgan fingerprint density at radius 1 is 1.38 bits per heavy atom. The third-order valence-electron chi connectivity index (χ3n) is 1.59. The molecule has 13 heavy (non-hydrogen) atoms. The van der Waals surface area contributed by atoms with E-state index in [4.69, 9.17) is 5.26 Å². The van der Waals surface area contributed by atoms with Gasteiger partial charge >= 0.3 is 0 Å². The van der Waals surface area contributed by atoms with E-state index in [0.717, 1.165) is 0 Å². The molecule has 0 aromatic carbocycles. The summed E-state index contributed by atoms with van der Waals surface area (Å²) in [6, 6.07) is 1.77. The van der Waals surface area contributed by atoms with Crippen molar-refractivity contribution in [3.8, 4) is 6.07 Å². The number of aliphatic hydroxyl groups is 2. The van der Waals surface area contributed by atoms with Gasteiger partial charge in [-0.25, -0.2) is 9.97 Å². The smallest absolute Gasteiger partial charge is 0.115 e. The first-order chi connectivity index (χ1) is 6.25. The average Bonchev–Trinajstić information content (AvgIpc) is 2.18. The predicted molar refractivity (Wildman–Crippen MR) is 43.2 cm³/mol. The fourth-order valence-electron chi connectivity index (χ4n) is 0.891. The number of nitrogens with zero attached hydrogens (tertiary/aromatic N) is 3. The quantitative estimate of drug-likeness (QED) is 0.669. The van der Waals surface area contributed by atoms with Gasteiger partial charge in [-0.1, -0.05) is 0 Å². The van der Waals surface area contributed by atoms with Gasteiger partial charge in [-0.15, -0.1) is 0 Å². The molecule has 2 atom stereocenters. The second kappa shape index (κ2) is 4.50. The molecular weight excluding hydrogens is 170 g/mol. The number of hydrogen-bond acceptors (Lipinski definition) is 5. The van der Waals surface area contributed by atoms with Crippen LogP contribution in [-0.2, 0) is 0 Å².